The molecule has 0 radical (unpaired) electrons. The fourth-order valence-corrected chi connectivity index (χ4v) is 2.46. The number of hydrogen-bond acceptors (Lipinski definition) is 6. The number of nitrogens with zero attached hydrogens (tertiary/aromatic N) is 2. The van der Waals surface area contributed by atoms with Gasteiger partial charge in [0.25, 0.3) is 11.6 Å². The molecule has 0 spiro atoms. The van der Waals surface area contributed by atoms with Crippen molar-refractivity contribution in [1.29, 1.82) is 0 Å². The van der Waals surface area contributed by atoms with E-state index in [2.05, 4.69) is 4.74 Å². The Morgan fingerprint density at radius 3 is 2.38 bits per heavy atom. The number of ether oxygens (including phenoxy) is 2. The van der Waals surface area contributed by atoms with Crippen LogP contribution in [0.5, 0.6) is 5.75 Å². The minimum Gasteiger partial charge on any atom is -0.496 e. The number of carbonyl (C=O) groups excluding carboxylic acids is 2. The van der Waals surface area contributed by atoms with Gasteiger partial charge in [0.05, 0.1) is 24.7 Å². The minimum absolute atomic E-state index is 0.0250. The molecule has 0 aromatic heterocycles. The van der Waals surface area contributed by atoms with Crippen molar-refractivity contribution in [2.75, 3.05) is 21.3 Å². The lowest BCUT2D eigenvalue weighted by atomic mass is 10.1. The number of carbonyl (C=O) groups is 2. The molecule has 0 aliphatic rings. The molecule has 1 amide bonds. The van der Waals surface area contributed by atoms with Gasteiger partial charge in [0.15, 0.2) is 0 Å². The van der Waals surface area contributed by atoms with E-state index in [-0.39, 0.29) is 23.4 Å². The molecule has 26 heavy (non-hydrogen) atoms. The second kappa shape index (κ2) is 8.11. The predicted molar refractivity (Wildman–Crippen MR) is 93.2 cm³/mol. The van der Waals surface area contributed by atoms with E-state index in [0.29, 0.717) is 5.75 Å². The normalized spacial score (nSPS) is 10.1. The number of benzene rings is 2. The van der Waals surface area contributed by atoms with Crippen molar-refractivity contribution >= 4 is 17.6 Å². The molecule has 0 aliphatic carbocycles. The quantitative estimate of drug-likeness (QED) is 0.447. The number of esters is 1. The molecular weight excluding hydrogens is 340 g/mol. The summed E-state index contributed by atoms with van der Waals surface area (Å²) >= 11 is 0. The SMILES string of the molecule is COC(=O)c1cc(C(=O)N(C)Cc2ccccc2OC)cc([N+](=O)[O-])c1. The Labute approximate surface area is 150 Å². The first-order valence-corrected chi connectivity index (χ1v) is 7.62. The molecule has 0 fully saturated rings. The fraction of sp³-hybridized carbons (Fsp3) is 0.222. The van der Waals surface area contributed by atoms with Gasteiger partial charge in [0.1, 0.15) is 5.75 Å². The summed E-state index contributed by atoms with van der Waals surface area (Å²) in [5.74, 6) is -0.596. The third kappa shape index (κ3) is 4.15. The molecule has 0 atom stereocenters. The van der Waals surface area contributed by atoms with Crippen molar-refractivity contribution in [3.8, 4) is 5.75 Å². The van der Waals surface area contributed by atoms with E-state index in [1.165, 1.54) is 18.1 Å². The molecule has 136 valence electrons. The number of amides is 1. The summed E-state index contributed by atoms with van der Waals surface area (Å²) in [5.41, 5.74) is 0.388. The molecule has 0 heterocycles. The molecular formula is C18H18N2O6. The zero-order valence-electron chi connectivity index (χ0n) is 14.6. The van der Waals surface area contributed by atoms with Crippen LogP contribution < -0.4 is 4.74 Å². The molecule has 0 N–H and O–H groups in total. The van der Waals surface area contributed by atoms with Crippen LogP contribution in [0, 0.1) is 10.1 Å². The topological polar surface area (TPSA) is 99.0 Å². The first kappa shape index (κ1) is 18.9. The van der Waals surface area contributed by atoms with E-state index in [1.54, 1.807) is 13.1 Å². The molecule has 0 bridgehead atoms. The van der Waals surface area contributed by atoms with E-state index >= 15 is 0 Å². The van der Waals surface area contributed by atoms with Crippen LogP contribution in [0.15, 0.2) is 42.5 Å². The Hall–Kier alpha value is -3.42. The number of hydrogen-bond donors (Lipinski definition) is 0. The number of methoxy groups -OCH3 is 2. The van der Waals surface area contributed by atoms with Crippen LogP contribution in [0.25, 0.3) is 0 Å². The third-order valence-corrected chi connectivity index (χ3v) is 3.74. The van der Waals surface area contributed by atoms with E-state index in [0.717, 1.165) is 24.8 Å². The Morgan fingerprint density at radius 1 is 1.12 bits per heavy atom. The summed E-state index contributed by atoms with van der Waals surface area (Å²) in [7, 11) is 4.26. The van der Waals surface area contributed by atoms with E-state index in [4.69, 9.17) is 4.74 Å². The van der Waals surface area contributed by atoms with Crippen LogP contribution >= 0.6 is 0 Å². The zero-order chi connectivity index (χ0) is 19.3. The van der Waals surface area contributed by atoms with Crippen molar-refractivity contribution in [1.82, 2.24) is 4.90 Å². The smallest absolute Gasteiger partial charge is 0.338 e. The lowest BCUT2D eigenvalue weighted by Crippen LogP contribution is -2.26. The average molecular weight is 358 g/mol. The highest BCUT2D eigenvalue weighted by Crippen LogP contribution is 2.22. The van der Waals surface area contributed by atoms with Gasteiger partial charge in [0, 0.05) is 36.9 Å². The van der Waals surface area contributed by atoms with E-state index < -0.39 is 16.8 Å². The largest absolute Gasteiger partial charge is 0.496 e. The van der Waals surface area contributed by atoms with Crippen LogP contribution in [0.1, 0.15) is 26.3 Å². The highest BCUT2D eigenvalue weighted by Gasteiger charge is 2.21. The van der Waals surface area contributed by atoms with Gasteiger partial charge in [-0.15, -0.1) is 0 Å². The third-order valence-electron chi connectivity index (χ3n) is 3.74. The first-order valence-electron chi connectivity index (χ1n) is 7.62. The Balaban J connectivity index is 2.34. The maximum absolute atomic E-state index is 12.7. The van der Waals surface area contributed by atoms with Crippen LogP contribution in [-0.2, 0) is 11.3 Å². The molecule has 2 aromatic rings. The Morgan fingerprint density at radius 2 is 1.77 bits per heavy atom. The van der Waals surface area contributed by atoms with Gasteiger partial charge in [-0.25, -0.2) is 4.79 Å². The molecule has 2 aromatic carbocycles. The zero-order valence-corrected chi connectivity index (χ0v) is 14.6. The van der Waals surface area contributed by atoms with Gasteiger partial charge >= 0.3 is 5.97 Å². The van der Waals surface area contributed by atoms with Gasteiger partial charge in [-0.05, 0) is 12.1 Å². The maximum atomic E-state index is 12.7. The number of rotatable bonds is 6. The molecule has 0 saturated heterocycles. The summed E-state index contributed by atoms with van der Waals surface area (Å²) < 4.78 is 9.85. The molecule has 8 nitrogen and oxygen atoms in total. The predicted octanol–water partition coefficient (Wildman–Crippen LogP) is 2.66. The number of nitro benzene ring substituents is 1. The lowest BCUT2D eigenvalue weighted by Gasteiger charge is -2.19. The minimum atomic E-state index is -0.755. The maximum Gasteiger partial charge on any atom is 0.338 e. The van der Waals surface area contributed by atoms with E-state index in [1.807, 2.05) is 18.2 Å². The fourth-order valence-electron chi connectivity index (χ4n) is 2.46. The summed E-state index contributed by atoms with van der Waals surface area (Å²) in [6.45, 7) is 0.235. The Kier molecular flexibility index (Phi) is 5.90. The van der Waals surface area contributed by atoms with Crippen molar-refractivity contribution < 1.29 is 24.0 Å². The highest BCUT2D eigenvalue weighted by molar-refractivity contribution is 5.98. The average Bonchev–Trinajstić information content (AvgIpc) is 2.66. The van der Waals surface area contributed by atoms with Crippen LogP contribution in [0.3, 0.4) is 0 Å². The van der Waals surface area contributed by atoms with Crippen LogP contribution in [0.2, 0.25) is 0 Å². The molecule has 2 rings (SSSR count). The second-order valence-corrected chi connectivity index (χ2v) is 5.49. The number of para-hydroxylation sites is 1. The van der Waals surface area contributed by atoms with Crippen LogP contribution in [0.4, 0.5) is 5.69 Å². The summed E-state index contributed by atoms with van der Waals surface area (Å²) in [6.07, 6.45) is 0. The molecule has 0 saturated carbocycles. The van der Waals surface area contributed by atoms with Crippen molar-refractivity contribution in [2.24, 2.45) is 0 Å². The second-order valence-electron chi connectivity index (χ2n) is 5.49. The Bertz CT molecular complexity index is 849. The van der Waals surface area contributed by atoms with Crippen molar-refractivity contribution in [3.05, 3.63) is 69.3 Å². The first-order chi connectivity index (χ1) is 12.4. The van der Waals surface area contributed by atoms with Gasteiger partial charge in [0.2, 0.25) is 0 Å². The molecule has 0 unspecified atom stereocenters. The van der Waals surface area contributed by atoms with Gasteiger partial charge in [-0.3, -0.25) is 14.9 Å². The van der Waals surface area contributed by atoms with Crippen molar-refractivity contribution in [3.63, 3.8) is 0 Å². The van der Waals surface area contributed by atoms with Crippen LogP contribution in [-0.4, -0.2) is 43.0 Å². The highest BCUT2D eigenvalue weighted by atomic mass is 16.6. The summed E-state index contributed by atoms with van der Waals surface area (Å²) in [6, 6.07) is 10.7. The summed E-state index contributed by atoms with van der Waals surface area (Å²) in [4.78, 5) is 36.2. The van der Waals surface area contributed by atoms with Gasteiger partial charge in [-0.1, -0.05) is 18.2 Å². The standard InChI is InChI=1S/C18H18N2O6/c1-19(11-12-6-4-5-7-16(12)25-2)17(21)13-8-14(18(22)26-3)10-15(9-13)20(23)24/h4-10H,11H2,1-3H3. The summed E-state index contributed by atoms with van der Waals surface area (Å²) in [5, 5.41) is 11.1. The van der Waals surface area contributed by atoms with Gasteiger partial charge in [-0.2, -0.15) is 0 Å². The molecule has 0 aliphatic heterocycles. The lowest BCUT2D eigenvalue weighted by molar-refractivity contribution is -0.384. The van der Waals surface area contributed by atoms with Crippen molar-refractivity contribution in [2.45, 2.75) is 6.54 Å². The molecule has 8 heteroatoms. The number of non-ortho nitro benzene ring substituents is 1. The van der Waals surface area contributed by atoms with E-state index in [9.17, 15) is 19.7 Å². The number of nitro groups is 1. The monoisotopic (exact) mass is 358 g/mol. The van der Waals surface area contributed by atoms with Gasteiger partial charge < -0.3 is 14.4 Å².